The van der Waals surface area contributed by atoms with Gasteiger partial charge in [-0.05, 0) is 18.2 Å². The van der Waals surface area contributed by atoms with Crippen molar-refractivity contribution in [2.45, 2.75) is 11.4 Å². The van der Waals surface area contributed by atoms with E-state index in [-0.39, 0.29) is 17.1 Å². The van der Waals surface area contributed by atoms with E-state index in [1.807, 2.05) is 0 Å². The summed E-state index contributed by atoms with van der Waals surface area (Å²) in [7, 11) is -2.13. The van der Waals surface area contributed by atoms with E-state index in [9.17, 15) is 8.42 Å². The van der Waals surface area contributed by atoms with Crippen molar-refractivity contribution in [2.75, 3.05) is 12.8 Å². The van der Waals surface area contributed by atoms with Crippen LogP contribution in [0.2, 0.25) is 0 Å². The molecule has 0 aliphatic rings. The number of benzene rings is 1. The van der Waals surface area contributed by atoms with Gasteiger partial charge in [0, 0.05) is 29.8 Å². The molecular weight excluding hydrogens is 332 g/mol. The summed E-state index contributed by atoms with van der Waals surface area (Å²) in [6.07, 6.45) is 3.23. The molecule has 2 aromatic rings. The van der Waals surface area contributed by atoms with Gasteiger partial charge in [0.25, 0.3) is 0 Å². The van der Waals surface area contributed by atoms with Gasteiger partial charge in [0.15, 0.2) is 0 Å². The predicted octanol–water partition coefficient (Wildman–Crippen LogP) is 1.58. The Hall–Kier alpha value is -1.38. The number of sulfonamides is 1. The molecule has 0 radical (unpaired) electrons. The van der Waals surface area contributed by atoms with Crippen molar-refractivity contribution in [1.29, 1.82) is 0 Å². The van der Waals surface area contributed by atoms with Crippen LogP contribution in [-0.2, 0) is 16.6 Å². The van der Waals surface area contributed by atoms with Crippen molar-refractivity contribution in [3.05, 3.63) is 40.6 Å². The number of anilines is 1. The zero-order valence-electron chi connectivity index (χ0n) is 10.2. The summed E-state index contributed by atoms with van der Waals surface area (Å²) < 4.78 is 26.7. The Kier molecular flexibility index (Phi) is 3.93. The number of H-pyrrole nitrogens is 1. The maximum Gasteiger partial charge on any atom is 0.245 e. The molecule has 8 heteroatoms. The second-order valence-electron chi connectivity index (χ2n) is 4.05. The summed E-state index contributed by atoms with van der Waals surface area (Å²) in [4.78, 5) is 0.0906. The van der Waals surface area contributed by atoms with Crippen molar-refractivity contribution in [3.63, 3.8) is 0 Å². The zero-order valence-corrected chi connectivity index (χ0v) is 12.6. The number of nitrogen functional groups attached to an aromatic ring is 1. The molecule has 102 valence electrons. The molecule has 0 amide bonds. The van der Waals surface area contributed by atoms with E-state index in [1.165, 1.54) is 17.4 Å². The minimum absolute atomic E-state index is 0.0906. The van der Waals surface area contributed by atoms with E-state index in [0.717, 1.165) is 5.56 Å². The normalized spacial score (nSPS) is 11.9. The Labute approximate surface area is 119 Å². The molecule has 0 atom stereocenters. The zero-order chi connectivity index (χ0) is 14.0. The van der Waals surface area contributed by atoms with Gasteiger partial charge in [-0.3, -0.25) is 5.10 Å². The van der Waals surface area contributed by atoms with Crippen LogP contribution in [-0.4, -0.2) is 30.0 Å². The second-order valence-corrected chi connectivity index (χ2v) is 6.98. The second kappa shape index (κ2) is 5.32. The molecule has 1 heterocycles. The van der Waals surface area contributed by atoms with E-state index >= 15 is 0 Å². The Bertz CT molecular complexity index is 670. The highest BCUT2D eigenvalue weighted by atomic mass is 79.9. The summed E-state index contributed by atoms with van der Waals surface area (Å²) in [5, 5.41) is 6.43. The van der Waals surface area contributed by atoms with Gasteiger partial charge in [0.1, 0.15) is 4.90 Å². The van der Waals surface area contributed by atoms with Gasteiger partial charge in [0.05, 0.1) is 11.9 Å². The quantitative estimate of drug-likeness (QED) is 0.823. The summed E-state index contributed by atoms with van der Waals surface area (Å²) in [5.41, 5.74) is 6.74. The van der Waals surface area contributed by atoms with Crippen molar-refractivity contribution in [2.24, 2.45) is 0 Å². The monoisotopic (exact) mass is 344 g/mol. The van der Waals surface area contributed by atoms with Gasteiger partial charge >= 0.3 is 0 Å². The summed E-state index contributed by atoms with van der Waals surface area (Å²) in [6, 6.07) is 4.75. The molecule has 3 N–H and O–H groups in total. The number of halogens is 1. The van der Waals surface area contributed by atoms with Crippen LogP contribution >= 0.6 is 15.9 Å². The Morgan fingerprint density at radius 1 is 1.47 bits per heavy atom. The Balaban J connectivity index is 2.33. The van der Waals surface area contributed by atoms with Gasteiger partial charge in [0.2, 0.25) is 10.0 Å². The number of aromatic amines is 1. The average molecular weight is 345 g/mol. The lowest BCUT2D eigenvalue weighted by molar-refractivity contribution is 0.467. The SMILES string of the molecule is CN(Cc1cn[nH]c1)S(=O)(=O)c1cc(Br)ccc1N. The fraction of sp³-hybridized carbons (Fsp3) is 0.182. The number of nitrogens with two attached hydrogens (primary N) is 1. The molecule has 0 saturated heterocycles. The Morgan fingerprint density at radius 2 is 2.21 bits per heavy atom. The highest BCUT2D eigenvalue weighted by Crippen LogP contribution is 2.26. The number of nitrogens with one attached hydrogen (secondary N) is 1. The van der Waals surface area contributed by atoms with E-state index in [1.54, 1.807) is 24.5 Å². The molecule has 1 aromatic carbocycles. The number of nitrogens with zero attached hydrogens (tertiary/aromatic N) is 2. The molecule has 1 aromatic heterocycles. The van der Waals surface area contributed by atoms with Gasteiger partial charge < -0.3 is 5.73 Å². The lowest BCUT2D eigenvalue weighted by Gasteiger charge is -2.17. The van der Waals surface area contributed by atoms with Crippen molar-refractivity contribution in [3.8, 4) is 0 Å². The molecule has 0 bridgehead atoms. The summed E-state index contributed by atoms with van der Waals surface area (Å²) >= 11 is 3.25. The standard InChI is InChI=1S/C11H13BrN4O2S/c1-16(7-8-5-14-15-6-8)19(17,18)11-4-9(12)2-3-10(11)13/h2-6H,7,13H2,1H3,(H,14,15). The highest BCUT2D eigenvalue weighted by Gasteiger charge is 2.23. The van der Waals surface area contributed by atoms with Crippen LogP contribution in [0.15, 0.2) is 40.0 Å². The van der Waals surface area contributed by atoms with Crippen LogP contribution in [0, 0.1) is 0 Å². The molecule has 6 nitrogen and oxygen atoms in total. The molecular formula is C11H13BrN4O2S. The van der Waals surface area contributed by atoms with Gasteiger partial charge in [-0.15, -0.1) is 0 Å². The topological polar surface area (TPSA) is 92.1 Å². The molecule has 0 spiro atoms. The minimum Gasteiger partial charge on any atom is -0.398 e. The molecule has 0 unspecified atom stereocenters. The molecule has 2 rings (SSSR count). The average Bonchev–Trinajstić information content (AvgIpc) is 2.85. The van der Waals surface area contributed by atoms with Crippen LogP contribution in [0.4, 0.5) is 5.69 Å². The minimum atomic E-state index is -3.63. The van der Waals surface area contributed by atoms with Gasteiger partial charge in [-0.25, -0.2) is 8.42 Å². The van der Waals surface area contributed by atoms with Crippen molar-refractivity contribution < 1.29 is 8.42 Å². The molecule has 0 fully saturated rings. The highest BCUT2D eigenvalue weighted by molar-refractivity contribution is 9.10. The van der Waals surface area contributed by atoms with E-state index in [4.69, 9.17) is 5.73 Å². The molecule has 0 aliphatic carbocycles. The van der Waals surface area contributed by atoms with Crippen molar-refractivity contribution in [1.82, 2.24) is 14.5 Å². The number of rotatable bonds is 4. The van der Waals surface area contributed by atoms with E-state index in [0.29, 0.717) is 4.47 Å². The number of aromatic nitrogens is 2. The van der Waals surface area contributed by atoms with Crippen LogP contribution in [0.5, 0.6) is 0 Å². The smallest absolute Gasteiger partial charge is 0.245 e. The van der Waals surface area contributed by atoms with Crippen LogP contribution in [0.3, 0.4) is 0 Å². The third-order valence-corrected chi connectivity index (χ3v) is 4.98. The Morgan fingerprint density at radius 3 is 2.84 bits per heavy atom. The maximum absolute atomic E-state index is 12.4. The van der Waals surface area contributed by atoms with Gasteiger partial charge in [-0.2, -0.15) is 9.40 Å². The fourth-order valence-electron chi connectivity index (χ4n) is 1.61. The van der Waals surface area contributed by atoms with Gasteiger partial charge in [-0.1, -0.05) is 15.9 Å². The first-order valence-electron chi connectivity index (χ1n) is 5.40. The summed E-state index contributed by atoms with van der Waals surface area (Å²) in [6.45, 7) is 0.227. The van der Waals surface area contributed by atoms with Crippen molar-refractivity contribution >= 4 is 31.6 Å². The number of hydrogen-bond acceptors (Lipinski definition) is 4. The summed E-state index contributed by atoms with van der Waals surface area (Å²) in [5.74, 6) is 0. The lowest BCUT2D eigenvalue weighted by atomic mass is 10.3. The molecule has 0 saturated carbocycles. The molecule has 0 aliphatic heterocycles. The largest absolute Gasteiger partial charge is 0.398 e. The third kappa shape index (κ3) is 2.96. The first-order chi connectivity index (χ1) is 8.91. The third-order valence-electron chi connectivity index (χ3n) is 2.62. The van der Waals surface area contributed by atoms with E-state index in [2.05, 4.69) is 26.1 Å². The fourth-order valence-corrected chi connectivity index (χ4v) is 3.41. The van der Waals surface area contributed by atoms with Crippen LogP contribution in [0.25, 0.3) is 0 Å². The molecule has 19 heavy (non-hydrogen) atoms. The maximum atomic E-state index is 12.4. The van der Waals surface area contributed by atoms with Crippen LogP contribution in [0.1, 0.15) is 5.56 Å². The predicted molar refractivity (Wildman–Crippen MR) is 75.8 cm³/mol. The van der Waals surface area contributed by atoms with Crippen LogP contribution < -0.4 is 5.73 Å². The lowest BCUT2D eigenvalue weighted by Crippen LogP contribution is -2.27. The van der Waals surface area contributed by atoms with E-state index < -0.39 is 10.0 Å². The first-order valence-corrected chi connectivity index (χ1v) is 7.63. The number of hydrogen-bond donors (Lipinski definition) is 2. The first kappa shape index (κ1) is 14.0.